The summed E-state index contributed by atoms with van der Waals surface area (Å²) in [7, 11) is 0. The predicted molar refractivity (Wildman–Crippen MR) is 74.0 cm³/mol. The first-order valence-electron chi connectivity index (χ1n) is 6.98. The van der Waals surface area contributed by atoms with E-state index >= 15 is 0 Å². The molecule has 118 valence electrons. The molecule has 0 aliphatic heterocycles. The molecule has 1 aliphatic rings. The third kappa shape index (κ3) is 8.39. The zero-order valence-electron chi connectivity index (χ0n) is 11.6. The molecule has 4 atom stereocenters. The first-order chi connectivity index (χ1) is 9.54. The van der Waals surface area contributed by atoms with Gasteiger partial charge in [-0.2, -0.15) is 0 Å². The number of aliphatic hydroxyl groups is 5. The molecule has 0 saturated heterocycles. The van der Waals surface area contributed by atoms with Crippen LogP contribution in [0.2, 0.25) is 0 Å². The van der Waals surface area contributed by atoms with Crippen LogP contribution in [0.1, 0.15) is 38.5 Å². The number of hydrogen-bond acceptors (Lipinski definition) is 6. The summed E-state index contributed by atoms with van der Waals surface area (Å²) in [6, 6.07) is 0. The van der Waals surface area contributed by atoms with Crippen molar-refractivity contribution in [2.75, 3.05) is 6.61 Å². The number of hydrogen-bond donors (Lipinski definition) is 5. The summed E-state index contributed by atoms with van der Waals surface area (Å²) in [4.78, 5) is 9.90. The number of allylic oxidation sites excluding steroid dienone is 2. The summed E-state index contributed by atoms with van der Waals surface area (Å²) in [5.74, 6) is 0. The summed E-state index contributed by atoms with van der Waals surface area (Å²) >= 11 is 0. The molecule has 1 aliphatic carbocycles. The standard InChI is InChI=1S/C8H14.C6H12O6/c1-2-4-6-8-7-5-3-1;7-1-3(9)5(11)6(12)4(10)2-8/h1-2H,3-8H2;1,3-6,8-12H,2H2/t;3-,4-,5-,6-/m.1/s1. The topological polar surface area (TPSA) is 118 Å². The Morgan fingerprint density at radius 1 is 0.900 bits per heavy atom. The Morgan fingerprint density at radius 2 is 1.40 bits per heavy atom. The van der Waals surface area contributed by atoms with E-state index in [-0.39, 0.29) is 6.29 Å². The highest BCUT2D eigenvalue weighted by atomic mass is 16.4. The molecule has 6 nitrogen and oxygen atoms in total. The van der Waals surface area contributed by atoms with Gasteiger partial charge in [-0.3, -0.25) is 0 Å². The van der Waals surface area contributed by atoms with Crippen LogP contribution in [0, 0.1) is 0 Å². The van der Waals surface area contributed by atoms with E-state index in [9.17, 15) is 4.79 Å². The van der Waals surface area contributed by atoms with Gasteiger partial charge in [-0.1, -0.05) is 25.0 Å². The van der Waals surface area contributed by atoms with Crippen molar-refractivity contribution in [2.24, 2.45) is 0 Å². The van der Waals surface area contributed by atoms with E-state index in [4.69, 9.17) is 25.5 Å². The minimum absolute atomic E-state index is 0.0258. The zero-order chi connectivity index (χ0) is 15.4. The number of aldehydes is 1. The molecule has 0 amide bonds. The first-order valence-corrected chi connectivity index (χ1v) is 6.98. The molecule has 5 N–H and O–H groups in total. The van der Waals surface area contributed by atoms with Crippen LogP contribution in [0.4, 0.5) is 0 Å². The number of carbonyl (C=O) groups is 1. The van der Waals surface area contributed by atoms with Crippen molar-refractivity contribution in [3.05, 3.63) is 12.2 Å². The van der Waals surface area contributed by atoms with Crippen LogP contribution in [0.5, 0.6) is 0 Å². The van der Waals surface area contributed by atoms with Crippen molar-refractivity contribution < 1.29 is 30.3 Å². The maximum atomic E-state index is 9.90. The van der Waals surface area contributed by atoms with Crippen molar-refractivity contribution in [3.63, 3.8) is 0 Å². The highest BCUT2D eigenvalue weighted by Crippen LogP contribution is 2.09. The normalized spacial score (nSPS) is 21.4. The highest BCUT2D eigenvalue weighted by Gasteiger charge is 2.29. The number of rotatable bonds is 5. The van der Waals surface area contributed by atoms with E-state index in [0.29, 0.717) is 0 Å². The maximum absolute atomic E-state index is 9.90. The minimum Gasteiger partial charge on any atom is -0.394 e. The van der Waals surface area contributed by atoms with Gasteiger partial charge in [0.2, 0.25) is 0 Å². The van der Waals surface area contributed by atoms with Crippen LogP contribution in [-0.4, -0.2) is 62.8 Å². The molecular formula is C14H26O6. The summed E-state index contributed by atoms with van der Waals surface area (Å²) in [6.45, 7) is -0.760. The molecule has 0 aromatic heterocycles. The van der Waals surface area contributed by atoms with E-state index in [1.807, 2.05) is 0 Å². The molecule has 0 fully saturated rings. The van der Waals surface area contributed by atoms with Gasteiger partial charge in [0.25, 0.3) is 0 Å². The molecule has 0 bridgehead atoms. The van der Waals surface area contributed by atoms with Gasteiger partial charge < -0.3 is 30.3 Å². The van der Waals surface area contributed by atoms with E-state index in [0.717, 1.165) is 0 Å². The van der Waals surface area contributed by atoms with E-state index < -0.39 is 31.0 Å². The Hall–Kier alpha value is -0.790. The van der Waals surface area contributed by atoms with E-state index in [1.54, 1.807) is 0 Å². The SMILES string of the molecule is C1=CCCCCCC1.O=C[C@@H](O)[C@@H](O)[C@H](O)[C@H](O)CO. The van der Waals surface area contributed by atoms with Gasteiger partial charge in [0, 0.05) is 0 Å². The zero-order valence-corrected chi connectivity index (χ0v) is 11.6. The first kappa shape index (κ1) is 19.2. The van der Waals surface area contributed by atoms with E-state index in [2.05, 4.69) is 12.2 Å². The largest absolute Gasteiger partial charge is 0.394 e. The molecule has 0 unspecified atom stereocenters. The summed E-state index contributed by atoms with van der Waals surface area (Å²) in [5.41, 5.74) is 0. The second-order valence-corrected chi connectivity index (χ2v) is 4.82. The lowest BCUT2D eigenvalue weighted by Gasteiger charge is -2.22. The van der Waals surface area contributed by atoms with Crippen LogP contribution < -0.4 is 0 Å². The summed E-state index contributed by atoms with van der Waals surface area (Å²) in [5, 5.41) is 43.5. The molecule has 0 heterocycles. The van der Waals surface area contributed by atoms with Gasteiger partial charge in [0.1, 0.15) is 24.4 Å². The van der Waals surface area contributed by atoms with Gasteiger partial charge in [-0.15, -0.1) is 0 Å². The molecule has 0 aromatic rings. The fourth-order valence-electron chi connectivity index (χ4n) is 1.73. The second kappa shape index (κ2) is 12.0. The molecule has 20 heavy (non-hydrogen) atoms. The van der Waals surface area contributed by atoms with Crippen LogP contribution in [0.15, 0.2) is 12.2 Å². The predicted octanol–water partition coefficient (Wildman–Crippen LogP) is -0.482. The Labute approximate surface area is 119 Å². The molecule has 6 heteroatoms. The Balaban J connectivity index is 0.000000388. The second-order valence-electron chi connectivity index (χ2n) is 4.82. The monoisotopic (exact) mass is 290 g/mol. The van der Waals surface area contributed by atoms with Crippen molar-refractivity contribution >= 4 is 6.29 Å². The van der Waals surface area contributed by atoms with Crippen molar-refractivity contribution in [1.29, 1.82) is 0 Å². The molecule has 0 radical (unpaired) electrons. The van der Waals surface area contributed by atoms with Gasteiger partial charge in [0.05, 0.1) is 6.61 Å². The summed E-state index contributed by atoms with van der Waals surface area (Å²) < 4.78 is 0. The molecule has 0 saturated carbocycles. The van der Waals surface area contributed by atoms with Crippen LogP contribution >= 0.6 is 0 Å². The lowest BCUT2D eigenvalue weighted by molar-refractivity contribution is -0.136. The van der Waals surface area contributed by atoms with Crippen LogP contribution in [0.3, 0.4) is 0 Å². The van der Waals surface area contributed by atoms with Gasteiger partial charge >= 0.3 is 0 Å². The lowest BCUT2D eigenvalue weighted by Crippen LogP contribution is -2.46. The van der Waals surface area contributed by atoms with Crippen molar-refractivity contribution in [2.45, 2.75) is 62.9 Å². The highest BCUT2D eigenvalue weighted by molar-refractivity contribution is 5.56. The van der Waals surface area contributed by atoms with Gasteiger partial charge in [-0.05, 0) is 25.7 Å². The van der Waals surface area contributed by atoms with Gasteiger partial charge in [0.15, 0.2) is 6.29 Å². The molecule has 1 rings (SSSR count). The number of aliphatic hydroxyl groups excluding tert-OH is 5. The Bertz CT molecular complexity index is 258. The van der Waals surface area contributed by atoms with Crippen molar-refractivity contribution in [1.82, 2.24) is 0 Å². The van der Waals surface area contributed by atoms with Crippen LogP contribution in [0.25, 0.3) is 0 Å². The Morgan fingerprint density at radius 3 is 1.80 bits per heavy atom. The third-order valence-corrected chi connectivity index (χ3v) is 3.08. The smallest absolute Gasteiger partial charge is 0.151 e. The fourth-order valence-corrected chi connectivity index (χ4v) is 1.73. The van der Waals surface area contributed by atoms with E-state index in [1.165, 1.54) is 38.5 Å². The number of carbonyl (C=O) groups excluding carboxylic acids is 1. The van der Waals surface area contributed by atoms with Crippen molar-refractivity contribution in [3.8, 4) is 0 Å². The van der Waals surface area contributed by atoms with Gasteiger partial charge in [-0.25, -0.2) is 0 Å². The third-order valence-electron chi connectivity index (χ3n) is 3.08. The average molecular weight is 290 g/mol. The molecule has 0 spiro atoms. The summed E-state index contributed by atoms with van der Waals surface area (Å²) in [6.07, 6.45) is 6.16. The lowest BCUT2D eigenvalue weighted by atomic mass is 10.0. The molecule has 0 aromatic carbocycles. The minimum atomic E-state index is -1.79. The van der Waals surface area contributed by atoms with Crippen LogP contribution in [-0.2, 0) is 4.79 Å². The molecular weight excluding hydrogens is 264 g/mol. The Kier molecular flexibility index (Phi) is 11.5. The average Bonchev–Trinajstić information content (AvgIpc) is 2.43. The maximum Gasteiger partial charge on any atom is 0.151 e. The fraction of sp³-hybridized carbons (Fsp3) is 0.786. The quantitative estimate of drug-likeness (QED) is 0.345.